The Morgan fingerprint density at radius 3 is 2.19 bits per heavy atom. The summed E-state index contributed by atoms with van der Waals surface area (Å²) in [5.74, 6) is 0.536. The van der Waals surface area contributed by atoms with Crippen LogP contribution in [-0.2, 0) is 9.47 Å². The molecule has 98 valence electrons. The van der Waals surface area contributed by atoms with Gasteiger partial charge in [-0.2, -0.15) is 0 Å². The highest BCUT2D eigenvalue weighted by atomic mass is 16.5. The van der Waals surface area contributed by atoms with Crippen LogP contribution in [0.2, 0.25) is 0 Å². The summed E-state index contributed by atoms with van der Waals surface area (Å²) in [4.78, 5) is 0. The molecule has 0 radical (unpaired) electrons. The zero-order chi connectivity index (χ0) is 12.6. The van der Waals surface area contributed by atoms with Crippen LogP contribution >= 0.6 is 0 Å². The second kappa shape index (κ2) is 8.04. The van der Waals surface area contributed by atoms with Gasteiger partial charge in [0, 0.05) is 6.54 Å². The first-order valence-corrected chi connectivity index (χ1v) is 6.33. The second-order valence-corrected chi connectivity index (χ2v) is 5.42. The van der Waals surface area contributed by atoms with E-state index < -0.39 is 0 Å². The molecule has 0 saturated carbocycles. The van der Waals surface area contributed by atoms with Crippen LogP contribution in [-0.4, -0.2) is 38.0 Å². The third-order valence-electron chi connectivity index (χ3n) is 2.29. The molecule has 0 saturated heterocycles. The first-order valence-electron chi connectivity index (χ1n) is 6.33. The molecule has 0 rings (SSSR count). The maximum atomic E-state index is 5.81. The van der Waals surface area contributed by atoms with Crippen LogP contribution in [0.3, 0.4) is 0 Å². The lowest BCUT2D eigenvalue weighted by Crippen LogP contribution is -2.34. The van der Waals surface area contributed by atoms with Gasteiger partial charge in [-0.05, 0) is 33.2 Å². The molecule has 0 aliphatic heterocycles. The fourth-order valence-electron chi connectivity index (χ4n) is 1.32. The van der Waals surface area contributed by atoms with Crippen molar-refractivity contribution in [2.45, 2.75) is 53.2 Å². The van der Waals surface area contributed by atoms with Crippen LogP contribution in [0.4, 0.5) is 0 Å². The van der Waals surface area contributed by atoms with Crippen molar-refractivity contribution >= 4 is 0 Å². The smallest absolute Gasteiger partial charge is 0.0723 e. The number of hydrogen-bond acceptors (Lipinski definition) is 3. The average molecular weight is 231 g/mol. The second-order valence-electron chi connectivity index (χ2n) is 5.42. The standard InChI is InChI=1S/C13H29NO2/c1-7-14-10-12(11(2)3)15-8-9-16-13(4,5)6/h11-12,14H,7-10H2,1-6H3. The van der Waals surface area contributed by atoms with Crippen LogP contribution in [0.1, 0.15) is 41.5 Å². The van der Waals surface area contributed by atoms with Gasteiger partial charge in [-0.3, -0.25) is 0 Å². The van der Waals surface area contributed by atoms with Crippen molar-refractivity contribution in [3.8, 4) is 0 Å². The molecule has 0 aliphatic rings. The highest BCUT2D eigenvalue weighted by Crippen LogP contribution is 2.08. The maximum Gasteiger partial charge on any atom is 0.0723 e. The SMILES string of the molecule is CCNCC(OCCOC(C)(C)C)C(C)C. The molecule has 0 amide bonds. The molecule has 0 aromatic carbocycles. The van der Waals surface area contributed by atoms with Crippen LogP contribution in [0.15, 0.2) is 0 Å². The maximum absolute atomic E-state index is 5.81. The summed E-state index contributed by atoms with van der Waals surface area (Å²) in [7, 11) is 0. The summed E-state index contributed by atoms with van der Waals surface area (Å²) in [6.45, 7) is 15.9. The number of hydrogen-bond donors (Lipinski definition) is 1. The van der Waals surface area contributed by atoms with Crippen LogP contribution in [0, 0.1) is 5.92 Å². The summed E-state index contributed by atoms with van der Waals surface area (Å²) < 4.78 is 11.4. The molecule has 3 heteroatoms. The third kappa shape index (κ3) is 9.13. The van der Waals surface area contributed by atoms with E-state index in [1.54, 1.807) is 0 Å². The lowest BCUT2D eigenvalue weighted by Gasteiger charge is -2.24. The first kappa shape index (κ1) is 15.9. The minimum atomic E-state index is -0.0711. The molecule has 0 aromatic heterocycles. The molecule has 1 unspecified atom stereocenters. The van der Waals surface area contributed by atoms with E-state index >= 15 is 0 Å². The Morgan fingerprint density at radius 1 is 1.12 bits per heavy atom. The van der Waals surface area contributed by atoms with E-state index in [4.69, 9.17) is 9.47 Å². The summed E-state index contributed by atoms with van der Waals surface area (Å²) in [5.41, 5.74) is -0.0711. The van der Waals surface area contributed by atoms with Gasteiger partial charge in [0.05, 0.1) is 24.9 Å². The molecule has 3 nitrogen and oxygen atoms in total. The topological polar surface area (TPSA) is 30.5 Å². The van der Waals surface area contributed by atoms with Gasteiger partial charge in [-0.1, -0.05) is 20.8 Å². The predicted molar refractivity (Wildman–Crippen MR) is 68.8 cm³/mol. The largest absolute Gasteiger partial charge is 0.374 e. The molecule has 0 aromatic rings. The van der Waals surface area contributed by atoms with Gasteiger partial charge in [0.2, 0.25) is 0 Å². The Labute approximate surface area is 101 Å². The van der Waals surface area contributed by atoms with Gasteiger partial charge in [0.1, 0.15) is 0 Å². The van der Waals surface area contributed by atoms with Crippen molar-refractivity contribution < 1.29 is 9.47 Å². The Bertz CT molecular complexity index is 164. The molecule has 0 aliphatic carbocycles. The lowest BCUT2D eigenvalue weighted by molar-refractivity contribution is -0.0593. The molecule has 0 bridgehead atoms. The van der Waals surface area contributed by atoms with Crippen molar-refractivity contribution in [2.75, 3.05) is 26.3 Å². The van der Waals surface area contributed by atoms with Crippen molar-refractivity contribution in [1.82, 2.24) is 5.32 Å². The van der Waals surface area contributed by atoms with E-state index in [2.05, 4.69) is 46.9 Å². The monoisotopic (exact) mass is 231 g/mol. The summed E-state index contributed by atoms with van der Waals surface area (Å²) in [5, 5.41) is 3.32. The average Bonchev–Trinajstić information content (AvgIpc) is 2.14. The van der Waals surface area contributed by atoms with Gasteiger partial charge < -0.3 is 14.8 Å². The fraction of sp³-hybridized carbons (Fsp3) is 1.00. The van der Waals surface area contributed by atoms with Gasteiger partial charge >= 0.3 is 0 Å². The Balaban J connectivity index is 3.68. The van der Waals surface area contributed by atoms with Crippen LogP contribution in [0.25, 0.3) is 0 Å². The molecule has 16 heavy (non-hydrogen) atoms. The zero-order valence-corrected chi connectivity index (χ0v) is 11.8. The van der Waals surface area contributed by atoms with E-state index in [0.29, 0.717) is 19.1 Å². The number of nitrogens with one attached hydrogen (secondary N) is 1. The predicted octanol–water partition coefficient (Wildman–Crippen LogP) is 2.45. The molecule has 0 fully saturated rings. The Kier molecular flexibility index (Phi) is 7.98. The molecular weight excluding hydrogens is 202 g/mol. The molecular formula is C13H29NO2. The van der Waals surface area contributed by atoms with Gasteiger partial charge in [0.15, 0.2) is 0 Å². The zero-order valence-electron chi connectivity index (χ0n) is 11.8. The van der Waals surface area contributed by atoms with E-state index in [1.807, 2.05) is 0 Å². The summed E-state index contributed by atoms with van der Waals surface area (Å²) >= 11 is 0. The molecule has 0 spiro atoms. The summed E-state index contributed by atoms with van der Waals surface area (Å²) in [6.07, 6.45) is 0.281. The number of likely N-dealkylation sites (N-methyl/N-ethyl adjacent to an activating group) is 1. The van der Waals surface area contributed by atoms with Crippen molar-refractivity contribution in [3.63, 3.8) is 0 Å². The molecule has 1 atom stereocenters. The fourth-order valence-corrected chi connectivity index (χ4v) is 1.32. The van der Waals surface area contributed by atoms with Crippen molar-refractivity contribution in [1.29, 1.82) is 0 Å². The Hall–Kier alpha value is -0.120. The highest BCUT2D eigenvalue weighted by molar-refractivity contribution is 4.65. The van der Waals surface area contributed by atoms with Gasteiger partial charge in [-0.15, -0.1) is 0 Å². The van der Waals surface area contributed by atoms with Crippen molar-refractivity contribution in [3.05, 3.63) is 0 Å². The third-order valence-corrected chi connectivity index (χ3v) is 2.29. The van der Waals surface area contributed by atoms with Gasteiger partial charge in [0.25, 0.3) is 0 Å². The lowest BCUT2D eigenvalue weighted by atomic mass is 10.1. The highest BCUT2D eigenvalue weighted by Gasteiger charge is 2.14. The van der Waals surface area contributed by atoms with E-state index in [0.717, 1.165) is 13.1 Å². The van der Waals surface area contributed by atoms with Crippen LogP contribution in [0.5, 0.6) is 0 Å². The van der Waals surface area contributed by atoms with Crippen LogP contribution < -0.4 is 5.32 Å². The quantitative estimate of drug-likeness (QED) is 0.651. The minimum absolute atomic E-state index is 0.0711. The van der Waals surface area contributed by atoms with E-state index in [-0.39, 0.29) is 11.7 Å². The molecule has 1 N–H and O–H groups in total. The van der Waals surface area contributed by atoms with E-state index in [9.17, 15) is 0 Å². The molecule has 0 heterocycles. The minimum Gasteiger partial charge on any atom is -0.374 e. The number of rotatable bonds is 8. The number of ether oxygens (including phenoxy) is 2. The van der Waals surface area contributed by atoms with Crippen molar-refractivity contribution in [2.24, 2.45) is 5.92 Å². The normalized spacial score (nSPS) is 14.4. The van der Waals surface area contributed by atoms with E-state index in [1.165, 1.54) is 0 Å². The van der Waals surface area contributed by atoms with Gasteiger partial charge in [-0.25, -0.2) is 0 Å². The Morgan fingerprint density at radius 2 is 1.75 bits per heavy atom. The first-order chi connectivity index (χ1) is 7.37. The summed E-state index contributed by atoms with van der Waals surface area (Å²) in [6, 6.07) is 0.